The maximum absolute atomic E-state index is 12.8. The first kappa shape index (κ1) is 82.9. The van der Waals surface area contributed by atoms with Gasteiger partial charge in [0.05, 0.1) is 13.2 Å². The normalized spacial score (nSPS) is 13.8. The van der Waals surface area contributed by atoms with Crippen molar-refractivity contribution < 1.29 is 37.6 Å². The number of hydrogen-bond acceptors (Lipinski definition) is 8. The van der Waals surface area contributed by atoms with Gasteiger partial charge >= 0.3 is 19.8 Å². The Labute approximate surface area is 535 Å². The summed E-state index contributed by atoms with van der Waals surface area (Å²) in [6.07, 6.45) is 102. The zero-order chi connectivity index (χ0) is 63.0. The number of allylic oxidation sites excluding steroid dienone is 24. The van der Waals surface area contributed by atoms with Gasteiger partial charge in [0, 0.05) is 19.4 Å². The van der Waals surface area contributed by atoms with E-state index in [4.69, 9.17) is 24.3 Å². The molecule has 2 unspecified atom stereocenters. The van der Waals surface area contributed by atoms with Crippen LogP contribution in [-0.2, 0) is 32.7 Å². The van der Waals surface area contributed by atoms with Gasteiger partial charge in [-0.3, -0.25) is 18.6 Å². The molecule has 0 bridgehead atoms. The monoisotopic (exact) mass is 1230 g/mol. The first-order valence-corrected chi connectivity index (χ1v) is 36.8. The summed E-state index contributed by atoms with van der Waals surface area (Å²) in [5, 5.41) is 0. The molecule has 496 valence electrons. The summed E-state index contributed by atoms with van der Waals surface area (Å²) in [4.78, 5) is 35.4. The van der Waals surface area contributed by atoms with Gasteiger partial charge in [0.15, 0.2) is 6.10 Å². The van der Waals surface area contributed by atoms with Gasteiger partial charge < -0.3 is 20.1 Å². The van der Waals surface area contributed by atoms with E-state index in [1.54, 1.807) is 0 Å². The van der Waals surface area contributed by atoms with Crippen molar-refractivity contribution in [2.24, 2.45) is 5.73 Å². The molecular formula is C77H130NO8P. The van der Waals surface area contributed by atoms with Gasteiger partial charge in [0.25, 0.3) is 0 Å². The number of unbranched alkanes of at least 4 members (excludes halogenated alkanes) is 28. The van der Waals surface area contributed by atoms with Crippen molar-refractivity contribution in [2.45, 2.75) is 302 Å². The molecule has 0 spiro atoms. The predicted molar refractivity (Wildman–Crippen MR) is 376 cm³/mol. The molecule has 0 fully saturated rings. The van der Waals surface area contributed by atoms with Gasteiger partial charge in [-0.25, -0.2) is 4.57 Å². The van der Waals surface area contributed by atoms with Crippen molar-refractivity contribution >= 4 is 19.8 Å². The molecule has 87 heavy (non-hydrogen) atoms. The summed E-state index contributed by atoms with van der Waals surface area (Å²) in [7, 11) is -4.41. The molecule has 10 heteroatoms. The Hall–Kier alpha value is -4.11. The van der Waals surface area contributed by atoms with Gasteiger partial charge in [0.2, 0.25) is 0 Å². The molecule has 3 N–H and O–H groups in total. The average Bonchev–Trinajstić information content (AvgIpc) is 3.64. The molecule has 0 aliphatic carbocycles. The molecule has 0 radical (unpaired) electrons. The van der Waals surface area contributed by atoms with Crippen LogP contribution in [0.1, 0.15) is 296 Å². The summed E-state index contributed by atoms with van der Waals surface area (Å²) >= 11 is 0. The third kappa shape index (κ3) is 70.8. The van der Waals surface area contributed by atoms with Crippen LogP contribution in [-0.4, -0.2) is 49.3 Å². The van der Waals surface area contributed by atoms with Crippen LogP contribution in [0.3, 0.4) is 0 Å². The first-order valence-electron chi connectivity index (χ1n) is 35.3. The SMILES string of the molecule is CC/C=C\C/C=C\C/C=C\C/C=C\C/C=C\C/C=C\C/C=C\C/C=C\C/C=C\C/C=C\C/C=C\CCCCCCCC(=O)OC(COC(=O)CCCCCCCCCCCCCCCCC/C=C\CCCCCCCCCC)COP(=O)(O)OCCN. The topological polar surface area (TPSA) is 134 Å². The van der Waals surface area contributed by atoms with Crippen LogP contribution in [0, 0.1) is 0 Å². The molecule has 0 aromatic rings. The van der Waals surface area contributed by atoms with E-state index in [1.165, 1.54) is 141 Å². The lowest BCUT2D eigenvalue weighted by molar-refractivity contribution is -0.161. The van der Waals surface area contributed by atoms with E-state index in [9.17, 15) is 19.0 Å². The van der Waals surface area contributed by atoms with Gasteiger partial charge in [-0.1, -0.05) is 307 Å². The van der Waals surface area contributed by atoms with E-state index in [0.717, 1.165) is 122 Å². The zero-order valence-electron chi connectivity index (χ0n) is 55.7. The summed E-state index contributed by atoms with van der Waals surface area (Å²) in [5.74, 6) is -0.851. The molecular weight excluding hydrogens is 1100 g/mol. The number of carbonyl (C=O) groups excluding carboxylic acids is 2. The van der Waals surface area contributed by atoms with Gasteiger partial charge in [-0.05, 0) is 122 Å². The minimum atomic E-state index is -4.41. The molecule has 0 saturated carbocycles. The average molecular weight is 1230 g/mol. The van der Waals surface area contributed by atoms with Gasteiger partial charge in [-0.15, -0.1) is 0 Å². The van der Waals surface area contributed by atoms with Crippen molar-refractivity contribution in [1.82, 2.24) is 0 Å². The molecule has 0 amide bonds. The molecule has 9 nitrogen and oxygen atoms in total. The molecule has 0 heterocycles. The largest absolute Gasteiger partial charge is 0.472 e. The van der Waals surface area contributed by atoms with E-state index in [2.05, 4.69) is 160 Å². The summed E-state index contributed by atoms with van der Waals surface area (Å²) in [6, 6.07) is 0. The predicted octanol–water partition coefficient (Wildman–Crippen LogP) is 23.4. The zero-order valence-corrected chi connectivity index (χ0v) is 56.6. The number of esters is 2. The summed E-state index contributed by atoms with van der Waals surface area (Å²) < 4.78 is 33.2. The van der Waals surface area contributed by atoms with Crippen molar-refractivity contribution in [1.29, 1.82) is 0 Å². The van der Waals surface area contributed by atoms with Crippen LogP contribution < -0.4 is 5.73 Å². The number of rotatable bonds is 65. The molecule has 2 atom stereocenters. The highest BCUT2D eigenvalue weighted by Crippen LogP contribution is 2.43. The fraction of sp³-hybridized carbons (Fsp3) is 0.662. The van der Waals surface area contributed by atoms with E-state index in [0.29, 0.717) is 6.42 Å². The Balaban J connectivity index is 3.99. The number of nitrogens with two attached hydrogens (primary N) is 1. The molecule has 0 aromatic heterocycles. The lowest BCUT2D eigenvalue weighted by atomic mass is 10.0. The number of ether oxygens (including phenoxy) is 2. The van der Waals surface area contributed by atoms with Crippen LogP contribution in [0.5, 0.6) is 0 Å². The van der Waals surface area contributed by atoms with Crippen LogP contribution in [0.4, 0.5) is 0 Å². The van der Waals surface area contributed by atoms with Crippen LogP contribution in [0.25, 0.3) is 0 Å². The fourth-order valence-electron chi connectivity index (χ4n) is 9.52. The van der Waals surface area contributed by atoms with E-state index in [1.807, 2.05) is 0 Å². The van der Waals surface area contributed by atoms with Crippen LogP contribution in [0.15, 0.2) is 146 Å². The van der Waals surface area contributed by atoms with E-state index >= 15 is 0 Å². The molecule has 0 saturated heterocycles. The maximum Gasteiger partial charge on any atom is 0.472 e. The Morgan fingerprint density at radius 3 is 0.954 bits per heavy atom. The third-order valence-electron chi connectivity index (χ3n) is 14.7. The van der Waals surface area contributed by atoms with Crippen molar-refractivity contribution in [3.8, 4) is 0 Å². The quantitative estimate of drug-likeness (QED) is 0.0264. The lowest BCUT2D eigenvalue weighted by Gasteiger charge is -2.19. The van der Waals surface area contributed by atoms with Gasteiger partial charge in [0.1, 0.15) is 6.61 Å². The minimum absolute atomic E-state index is 0.0437. The van der Waals surface area contributed by atoms with E-state index in [-0.39, 0.29) is 38.6 Å². The van der Waals surface area contributed by atoms with Crippen LogP contribution in [0.2, 0.25) is 0 Å². The standard InChI is InChI=1S/C77H130NO8P/c1-3-5-7-9-11-13-15-17-19-21-23-25-27-29-31-32-33-34-35-36-37-38-39-40-41-42-44-46-48-50-52-54-56-58-60-62-64-66-68-70-77(80)86-75(74-85-87(81,82)84-72-71-78)73-83-76(79)69-67-65-63-61-59-57-55-53-51-49-47-45-43-30-28-26-24-22-20-18-16-14-12-10-8-6-4-2/h5,7,11,13,17,19,22-25,29,31,33-34,36-37,39-40,42,44,48,50,54,56,75H,3-4,6,8-10,12,14-16,18,20-21,26-28,30,32,35,38,41,43,45-47,49,51-53,55,57-74,78H2,1-2H3,(H,81,82)/b7-5-,13-11-,19-17-,24-22-,25-23-,31-29-,34-33-,37-36-,40-39-,44-42-,50-48-,56-54-. The molecule has 0 aliphatic heterocycles. The van der Waals surface area contributed by atoms with Gasteiger partial charge in [-0.2, -0.15) is 0 Å². The highest BCUT2D eigenvalue weighted by molar-refractivity contribution is 7.47. The number of carbonyl (C=O) groups is 2. The lowest BCUT2D eigenvalue weighted by Crippen LogP contribution is -2.29. The second-order valence-corrected chi connectivity index (χ2v) is 24.5. The third-order valence-corrected chi connectivity index (χ3v) is 15.7. The minimum Gasteiger partial charge on any atom is -0.462 e. The highest BCUT2D eigenvalue weighted by Gasteiger charge is 2.26. The number of phosphoric ester groups is 1. The summed E-state index contributed by atoms with van der Waals surface area (Å²) in [6.45, 7) is 3.62. The maximum atomic E-state index is 12.8. The Kier molecular flexibility index (Phi) is 67.6. The smallest absolute Gasteiger partial charge is 0.462 e. The van der Waals surface area contributed by atoms with Crippen LogP contribution >= 0.6 is 7.82 Å². The highest BCUT2D eigenvalue weighted by atomic mass is 31.2. The Morgan fingerprint density at radius 2 is 0.632 bits per heavy atom. The van der Waals surface area contributed by atoms with Crippen molar-refractivity contribution in [3.63, 3.8) is 0 Å². The Morgan fingerprint density at radius 1 is 0.356 bits per heavy atom. The molecule has 0 rings (SSSR count). The van der Waals surface area contributed by atoms with Crippen molar-refractivity contribution in [3.05, 3.63) is 146 Å². The van der Waals surface area contributed by atoms with Crippen molar-refractivity contribution in [2.75, 3.05) is 26.4 Å². The number of hydrogen-bond donors (Lipinski definition) is 2. The summed E-state index contributed by atoms with van der Waals surface area (Å²) in [5.41, 5.74) is 5.40. The number of phosphoric acid groups is 1. The van der Waals surface area contributed by atoms with E-state index < -0.39 is 26.5 Å². The Bertz CT molecular complexity index is 1940. The molecule has 0 aromatic carbocycles. The molecule has 0 aliphatic rings. The fourth-order valence-corrected chi connectivity index (χ4v) is 10.3. The second-order valence-electron chi connectivity index (χ2n) is 23.0. The first-order chi connectivity index (χ1) is 42.8. The second kappa shape index (κ2) is 71.0.